The largest absolute Gasteiger partial charge is 0.495 e. The van der Waals surface area contributed by atoms with Crippen LogP contribution in [0.3, 0.4) is 0 Å². The van der Waals surface area contributed by atoms with Crippen molar-refractivity contribution in [2.45, 2.75) is 19.0 Å². The predicted molar refractivity (Wildman–Crippen MR) is 140 cm³/mol. The van der Waals surface area contributed by atoms with Crippen molar-refractivity contribution in [2.75, 3.05) is 31.3 Å². The van der Waals surface area contributed by atoms with Gasteiger partial charge in [0.1, 0.15) is 24.2 Å². The highest BCUT2D eigenvalue weighted by Gasteiger charge is 2.33. The van der Waals surface area contributed by atoms with Gasteiger partial charge in [-0.15, -0.1) is 0 Å². The van der Waals surface area contributed by atoms with E-state index in [-0.39, 0.29) is 24.4 Å². The van der Waals surface area contributed by atoms with Crippen molar-refractivity contribution in [1.29, 1.82) is 0 Å². The molecule has 8 nitrogen and oxygen atoms in total. The van der Waals surface area contributed by atoms with Gasteiger partial charge in [-0.25, -0.2) is 12.8 Å². The molecule has 3 aromatic carbocycles. The lowest BCUT2D eigenvalue weighted by Gasteiger charge is -2.33. The van der Waals surface area contributed by atoms with Gasteiger partial charge in [0, 0.05) is 20.0 Å². The maximum absolute atomic E-state index is 13.8. The van der Waals surface area contributed by atoms with Crippen LogP contribution in [-0.2, 0) is 32.6 Å². The summed E-state index contributed by atoms with van der Waals surface area (Å²) in [5.74, 6) is -1.18. The Morgan fingerprint density at radius 3 is 2.16 bits per heavy atom. The normalized spacial score (nSPS) is 11.9. The predicted octanol–water partition coefficient (Wildman–Crippen LogP) is 2.99. The number of likely N-dealkylation sites (N-methyl/N-ethyl adjacent to an activating group) is 1. The van der Waals surface area contributed by atoms with Gasteiger partial charge in [-0.3, -0.25) is 13.9 Å². The lowest BCUT2D eigenvalue weighted by Crippen LogP contribution is -2.52. The number of benzene rings is 3. The molecule has 3 rings (SSSR count). The van der Waals surface area contributed by atoms with Crippen molar-refractivity contribution < 1.29 is 27.1 Å². The molecule has 0 heterocycles. The Balaban J connectivity index is 2.04. The first-order valence-corrected chi connectivity index (χ1v) is 13.4. The first-order chi connectivity index (χ1) is 17.6. The van der Waals surface area contributed by atoms with E-state index < -0.39 is 40.2 Å². The van der Waals surface area contributed by atoms with Crippen LogP contribution in [0.5, 0.6) is 5.75 Å². The van der Waals surface area contributed by atoms with Crippen molar-refractivity contribution in [2.24, 2.45) is 0 Å². The molecular weight excluding hydrogens is 497 g/mol. The third kappa shape index (κ3) is 7.29. The Morgan fingerprint density at radius 1 is 0.946 bits per heavy atom. The zero-order chi connectivity index (χ0) is 27.0. The molecule has 0 aromatic heterocycles. The van der Waals surface area contributed by atoms with Crippen LogP contribution in [0.25, 0.3) is 0 Å². The summed E-state index contributed by atoms with van der Waals surface area (Å²) in [6, 6.07) is 20.3. The minimum absolute atomic E-state index is 0.0342. The molecule has 1 N–H and O–H groups in total. The van der Waals surface area contributed by atoms with E-state index in [1.54, 1.807) is 18.2 Å². The number of rotatable bonds is 11. The van der Waals surface area contributed by atoms with E-state index in [1.807, 2.05) is 30.3 Å². The minimum Gasteiger partial charge on any atom is -0.495 e. The molecule has 3 aromatic rings. The molecule has 0 bridgehead atoms. The highest BCUT2D eigenvalue weighted by Crippen LogP contribution is 2.29. The molecule has 10 heteroatoms. The van der Waals surface area contributed by atoms with E-state index in [9.17, 15) is 22.4 Å². The summed E-state index contributed by atoms with van der Waals surface area (Å²) in [5.41, 5.74) is 1.60. The quantitative estimate of drug-likeness (QED) is 0.414. The van der Waals surface area contributed by atoms with E-state index in [4.69, 9.17) is 4.74 Å². The number of methoxy groups -OCH3 is 1. The van der Waals surface area contributed by atoms with Crippen LogP contribution in [0, 0.1) is 5.82 Å². The second-order valence-electron chi connectivity index (χ2n) is 8.41. The second-order valence-corrected chi connectivity index (χ2v) is 10.3. The summed E-state index contributed by atoms with van der Waals surface area (Å²) in [6.45, 7) is -0.601. The van der Waals surface area contributed by atoms with Crippen molar-refractivity contribution in [3.63, 3.8) is 0 Å². The van der Waals surface area contributed by atoms with Crippen LogP contribution < -0.4 is 14.4 Å². The Hall–Kier alpha value is -3.92. The fourth-order valence-corrected chi connectivity index (χ4v) is 4.79. The fourth-order valence-electron chi connectivity index (χ4n) is 3.94. The summed E-state index contributed by atoms with van der Waals surface area (Å²) in [7, 11) is -1.04. The number of amides is 2. The molecule has 0 spiro atoms. The van der Waals surface area contributed by atoms with Gasteiger partial charge in [0.25, 0.3) is 0 Å². The van der Waals surface area contributed by atoms with E-state index in [0.717, 1.165) is 16.1 Å². The van der Waals surface area contributed by atoms with Gasteiger partial charge in [0.2, 0.25) is 21.8 Å². The van der Waals surface area contributed by atoms with Crippen LogP contribution in [0.2, 0.25) is 0 Å². The molecule has 37 heavy (non-hydrogen) atoms. The fraction of sp³-hybridized carbons (Fsp3) is 0.259. The monoisotopic (exact) mass is 527 g/mol. The second kappa shape index (κ2) is 12.4. The number of para-hydroxylation sites is 2. The molecule has 0 aliphatic heterocycles. The molecule has 196 valence electrons. The van der Waals surface area contributed by atoms with Crippen molar-refractivity contribution >= 4 is 27.5 Å². The Labute approximate surface area is 216 Å². The number of nitrogens with one attached hydrogen (secondary N) is 1. The zero-order valence-corrected chi connectivity index (χ0v) is 21.7. The Morgan fingerprint density at radius 2 is 1.57 bits per heavy atom. The summed E-state index contributed by atoms with van der Waals surface area (Å²) >= 11 is 0. The van der Waals surface area contributed by atoms with Gasteiger partial charge in [-0.05, 0) is 35.4 Å². The Bertz CT molecular complexity index is 1320. The highest BCUT2D eigenvalue weighted by atomic mass is 32.2. The number of sulfonamides is 1. The summed E-state index contributed by atoms with van der Waals surface area (Å²) in [4.78, 5) is 28.2. The van der Waals surface area contributed by atoms with E-state index in [1.165, 1.54) is 49.4 Å². The molecular formula is C27H30FN3O5S. The van der Waals surface area contributed by atoms with Crippen LogP contribution in [0.1, 0.15) is 11.1 Å². The molecule has 0 radical (unpaired) electrons. The van der Waals surface area contributed by atoms with Crippen LogP contribution in [-0.4, -0.2) is 58.1 Å². The summed E-state index contributed by atoms with van der Waals surface area (Å²) in [6.07, 6.45) is 1.19. The number of carbonyl (C=O) groups excluding carboxylic acids is 2. The lowest BCUT2D eigenvalue weighted by molar-refractivity contribution is -0.139. The number of hydrogen-bond donors (Lipinski definition) is 1. The number of ether oxygens (including phenoxy) is 1. The maximum atomic E-state index is 13.8. The average molecular weight is 528 g/mol. The van der Waals surface area contributed by atoms with Gasteiger partial charge in [-0.2, -0.15) is 0 Å². The maximum Gasteiger partial charge on any atom is 0.244 e. The molecule has 0 aliphatic carbocycles. The standard InChI is InChI=1S/C27H30FN3O5S/c1-29-27(33)24(17-20-9-5-4-6-10-20)30(18-21-13-15-22(28)16-14-21)26(32)19-31(37(3,34)35)23-11-7-8-12-25(23)36-2/h4-16,24H,17-19H2,1-3H3,(H,29,33)/t24-/m1/s1. The van der Waals surface area contributed by atoms with Crippen molar-refractivity contribution in [3.05, 3.63) is 95.8 Å². The SMILES string of the molecule is CNC(=O)[C@@H](Cc1ccccc1)N(Cc1ccc(F)cc1)C(=O)CN(c1ccccc1OC)S(C)(=O)=O. The van der Waals surface area contributed by atoms with E-state index in [0.29, 0.717) is 5.56 Å². The van der Waals surface area contributed by atoms with Gasteiger partial charge >= 0.3 is 0 Å². The smallest absolute Gasteiger partial charge is 0.244 e. The number of carbonyl (C=O) groups is 2. The van der Waals surface area contributed by atoms with Crippen molar-refractivity contribution in [1.82, 2.24) is 10.2 Å². The molecule has 2 amide bonds. The van der Waals surface area contributed by atoms with E-state index in [2.05, 4.69) is 5.32 Å². The molecule has 0 saturated carbocycles. The first-order valence-electron chi connectivity index (χ1n) is 11.5. The van der Waals surface area contributed by atoms with Crippen molar-refractivity contribution in [3.8, 4) is 5.75 Å². The molecule has 0 aliphatic rings. The van der Waals surface area contributed by atoms with Gasteiger partial charge in [0.05, 0.1) is 19.1 Å². The number of anilines is 1. The average Bonchev–Trinajstić information content (AvgIpc) is 2.89. The lowest BCUT2D eigenvalue weighted by atomic mass is 10.0. The number of nitrogens with zero attached hydrogens (tertiary/aromatic N) is 2. The molecule has 0 fully saturated rings. The zero-order valence-electron chi connectivity index (χ0n) is 20.9. The van der Waals surface area contributed by atoms with E-state index >= 15 is 0 Å². The number of hydrogen-bond acceptors (Lipinski definition) is 5. The van der Waals surface area contributed by atoms with Gasteiger partial charge < -0.3 is 15.0 Å². The molecule has 0 unspecified atom stereocenters. The first kappa shape index (κ1) is 27.7. The number of halogens is 1. The topological polar surface area (TPSA) is 96.0 Å². The van der Waals surface area contributed by atoms with Gasteiger partial charge in [-0.1, -0.05) is 54.6 Å². The minimum atomic E-state index is -3.91. The third-order valence-corrected chi connectivity index (χ3v) is 6.94. The molecule has 0 saturated heterocycles. The molecule has 1 atom stereocenters. The van der Waals surface area contributed by atoms with Crippen LogP contribution in [0.15, 0.2) is 78.9 Å². The highest BCUT2D eigenvalue weighted by molar-refractivity contribution is 7.92. The third-order valence-electron chi connectivity index (χ3n) is 5.82. The Kier molecular flexibility index (Phi) is 9.24. The van der Waals surface area contributed by atoms with Gasteiger partial charge in [0.15, 0.2) is 0 Å². The van der Waals surface area contributed by atoms with Crippen LogP contribution >= 0.6 is 0 Å². The summed E-state index contributed by atoms with van der Waals surface area (Å²) in [5, 5.41) is 2.60. The summed E-state index contributed by atoms with van der Waals surface area (Å²) < 4.78 is 45.4. The van der Waals surface area contributed by atoms with Crippen LogP contribution in [0.4, 0.5) is 10.1 Å².